The molecule has 0 spiro atoms. The second-order valence-electron chi connectivity index (χ2n) is 6.92. The van der Waals surface area contributed by atoms with E-state index in [9.17, 15) is 14.0 Å². The first-order chi connectivity index (χ1) is 13.6. The van der Waals surface area contributed by atoms with Crippen LogP contribution in [-0.4, -0.2) is 42.9 Å². The number of benzene rings is 2. The van der Waals surface area contributed by atoms with E-state index in [1.54, 1.807) is 0 Å². The number of Topliss-reactive ketones (excluding diaryl/α,β-unsaturated/α-hetero) is 1. The maximum absolute atomic E-state index is 12.9. The summed E-state index contributed by atoms with van der Waals surface area (Å²) in [6, 6.07) is 13.5. The molecule has 0 bridgehead atoms. The first-order valence-corrected chi connectivity index (χ1v) is 9.53. The number of carbonyl (C=O) groups excluding carboxylic acids is 2. The SMILES string of the molecule is O=C(CCC(=O)c1ccc(F)cc1)NCc1cccc(CN2CCOCC2)c1. The second kappa shape index (κ2) is 10.1. The number of nitrogens with one attached hydrogen (secondary N) is 1. The van der Waals surface area contributed by atoms with Crippen molar-refractivity contribution in [3.63, 3.8) is 0 Å². The number of carbonyl (C=O) groups is 2. The predicted octanol–water partition coefficient (Wildman–Crippen LogP) is 2.94. The smallest absolute Gasteiger partial charge is 0.220 e. The Morgan fingerprint density at radius 2 is 1.71 bits per heavy atom. The van der Waals surface area contributed by atoms with Crippen molar-refractivity contribution in [2.45, 2.75) is 25.9 Å². The molecule has 1 amide bonds. The number of amides is 1. The van der Waals surface area contributed by atoms with E-state index in [1.807, 2.05) is 12.1 Å². The average molecular weight is 384 g/mol. The standard InChI is InChI=1S/C22H25FN2O3/c23-20-6-4-19(5-7-20)21(26)8-9-22(27)24-15-17-2-1-3-18(14-17)16-25-10-12-28-13-11-25/h1-7,14H,8-13,15-16H2,(H,24,27). The van der Waals surface area contributed by atoms with E-state index in [2.05, 4.69) is 22.3 Å². The molecule has 1 fully saturated rings. The number of ether oxygens (including phenoxy) is 1. The van der Waals surface area contributed by atoms with Crippen LogP contribution in [0.2, 0.25) is 0 Å². The van der Waals surface area contributed by atoms with Crippen molar-refractivity contribution in [1.29, 1.82) is 0 Å². The van der Waals surface area contributed by atoms with Gasteiger partial charge in [0.2, 0.25) is 5.91 Å². The molecule has 1 saturated heterocycles. The molecule has 1 aliphatic heterocycles. The van der Waals surface area contributed by atoms with Crippen molar-refractivity contribution in [3.8, 4) is 0 Å². The quantitative estimate of drug-likeness (QED) is 0.711. The minimum absolute atomic E-state index is 0.106. The zero-order chi connectivity index (χ0) is 19.8. The highest BCUT2D eigenvalue weighted by atomic mass is 19.1. The Bertz CT molecular complexity index is 802. The first kappa shape index (κ1) is 20.2. The number of hydrogen-bond donors (Lipinski definition) is 1. The van der Waals surface area contributed by atoms with Gasteiger partial charge in [0.15, 0.2) is 5.78 Å². The highest BCUT2D eigenvalue weighted by Gasteiger charge is 2.12. The normalized spacial score (nSPS) is 14.6. The van der Waals surface area contributed by atoms with Gasteiger partial charge >= 0.3 is 0 Å². The van der Waals surface area contributed by atoms with E-state index >= 15 is 0 Å². The Morgan fingerprint density at radius 1 is 1.00 bits per heavy atom. The molecule has 0 aromatic heterocycles. The molecule has 0 aliphatic carbocycles. The van der Waals surface area contributed by atoms with Crippen LogP contribution in [0, 0.1) is 5.82 Å². The fourth-order valence-electron chi connectivity index (χ4n) is 3.15. The molecule has 5 nitrogen and oxygen atoms in total. The van der Waals surface area contributed by atoms with Gasteiger partial charge in [-0.1, -0.05) is 24.3 Å². The highest BCUT2D eigenvalue weighted by Crippen LogP contribution is 2.11. The van der Waals surface area contributed by atoms with Crippen LogP contribution in [0.5, 0.6) is 0 Å². The third-order valence-corrected chi connectivity index (χ3v) is 4.74. The fourth-order valence-corrected chi connectivity index (χ4v) is 3.15. The molecule has 0 unspecified atom stereocenters. The predicted molar refractivity (Wildman–Crippen MR) is 104 cm³/mol. The van der Waals surface area contributed by atoms with Gasteiger partial charge in [-0.3, -0.25) is 14.5 Å². The van der Waals surface area contributed by atoms with Gasteiger partial charge in [0.25, 0.3) is 0 Å². The molecule has 1 aliphatic rings. The Kier molecular flexibility index (Phi) is 7.28. The van der Waals surface area contributed by atoms with Crippen LogP contribution in [0.25, 0.3) is 0 Å². The van der Waals surface area contributed by atoms with Crippen molar-refractivity contribution in [3.05, 3.63) is 71.0 Å². The van der Waals surface area contributed by atoms with Crippen molar-refractivity contribution in [2.75, 3.05) is 26.3 Å². The topological polar surface area (TPSA) is 58.6 Å². The largest absolute Gasteiger partial charge is 0.379 e. The van der Waals surface area contributed by atoms with Gasteiger partial charge < -0.3 is 10.1 Å². The van der Waals surface area contributed by atoms with Gasteiger partial charge in [-0.25, -0.2) is 4.39 Å². The van der Waals surface area contributed by atoms with E-state index < -0.39 is 0 Å². The Morgan fingerprint density at radius 3 is 2.46 bits per heavy atom. The number of ketones is 1. The van der Waals surface area contributed by atoms with E-state index in [4.69, 9.17) is 4.74 Å². The van der Waals surface area contributed by atoms with Gasteiger partial charge in [0.1, 0.15) is 5.82 Å². The van der Waals surface area contributed by atoms with Gasteiger partial charge in [-0.05, 0) is 35.4 Å². The summed E-state index contributed by atoms with van der Waals surface area (Å²) >= 11 is 0. The lowest BCUT2D eigenvalue weighted by Crippen LogP contribution is -2.35. The zero-order valence-electron chi connectivity index (χ0n) is 15.8. The lowest BCUT2D eigenvalue weighted by atomic mass is 10.1. The molecule has 3 rings (SSSR count). The van der Waals surface area contributed by atoms with E-state index in [0.717, 1.165) is 38.4 Å². The van der Waals surface area contributed by atoms with Gasteiger partial charge in [0.05, 0.1) is 13.2 Å². The summed E-state index contributed by atoms with van der Waals surface area (Å²) in [5, 5.41) is 2.86. The molecule has 0 radical (unpaired) electrons. The van der Waals surface area contributed by atoms with Crippen LogP contribution >= 0.6 is 0 Å². The van der Waals surface area contributed by atoms with Crippen LogP contribution in [0.15, 0.2) is 48.5 Å². The minimum atomic E-state index is -0.384. The molecule has 0 saturated carbocycles. The highest BCUT2D eigenvalue weighted by molar-refractivity contribution is 5.97. The lowest BCUT2D eigenvalue weighted by Gasteiger charge is -2.26. The average Bonchev–Trinajstić information content (AvgIpc) is 2.72. The van der Waals surface area contributed by atoms with Crippen LogP contribution in [-0.2, 0) is 22.6 Å². The molecule has 0 atom stereocenters. The van der Waals surface area contributed by atoms with Crippen molar-refractivity contribution in [2.24, 2.45) is 0 Å². The molecule has 6 heteroatoms. The van der Waals surface area contributed by atoms with E-state index in [1.165, 1.54) is 29.8 Å². The number of halogens is 1. The molecular formula is C22H25FN2O3. The molecule has 28 heavy (non-hydrogen) atoms. The molecule has 148 valence electrons. The van der Waals surface area contributed by atoms with Crippen LogP contribution in [0.3, 0.4) is 0 Å². The number of hydrogen-bond acceptors (Lipinski definition) is 4. The summed E-state index contributed by atoms with van der Waals surface area (Å²) in [6.45, 7) is 4.71. The van der Waals surface area contributed by atoms with Crippen LogP contribution < -0.4 is 5.32 Å². The molecule has 1 N–H and O–H groups in total. The van der Waals surface area contributed by atoms with Gasteiger partial charge in [-0.15, -0.1) is 0 Å². The second-order valence-corrected chi connectivity index (χ2v) is 6.92. The third kappa shape index (κ3) is 6.25. The Labute approximate surface area is 164 Å². The van der Waals surface area contributed by atoms with Crippen molar-refractivity contribution in [1.82, 2.24) is 10.2 Å². The molecule has 2 aromatic carbocycles. The van der Waals surface area contributed by atoms with Crippen LogP contribution in [0.4, 0.5) is 4.39 Å². The molecule has 2 aromatic rings. The Balaban J connectivity index is 1.43. The molecule has 1 heterocycles. The van der Waals surface area contributed by atoms with Crippen molar-refractivity contribution >= 4 is 11.7 Å². The number of nitrogens with zero attached hydrogens (tertiary/aromatic N) is 1. The summed E-state index contributed by atoms with van der Waals surface area (Å²) in [6.07, 6.45) is 0.220. The van der Waals surface area contributed by atoms with Gasteiger partial charge in [-0.2, -0.15) is 0 Å². The molecular weight excluding hydrogens is 359 g/mol. The Hall–Kier alpha value is -2.57. The summed E-state index contributed by atoms with van der Waals surface area (Å²) in [4.78, 5) is 26.5. The fraction of sp³-hybridized carbons (Fsp3) is 0.364. The summed E-state index contributed by atoms with van der Waals surface area (Å²) < 4.78 is 18.3. The number of morpholine rings is 1. The van der Waals surface area contributed by atoms with E-state index in [-0.39, 0.29) is 30.3 Å². The number of rotatable bonds is 8. The summed E-state index contributed by atoms with van der Waals surface area (Å²) in [5.74, 6) is -0.721. The minimum Gasteiger partial charge on any atom is -0.379 e. The maximum atomic E-state index is 12.9. The van der Waals surface area contributed by atoms with Crippen LogP contribution in [0.1, 0.15) is 34.3 Å². The lowest BCUT2D eigenvalue weighted by molar-refractivity contribution is -0.121. The third-order valence-electron chi connectivity index (χ3n) is 4.74. The summed E-state index contributed by atoms with van der Waals surface area (Å²) in [7, 11) is 0. The maximum Gasteiger partial charge on any atom is 0.220 e. The van der Waals surface area contributed by atoms with Crippen molar-refractivity contribution < 1.29 is 18.7 Å². The first-order valence-electron chi connectivity index (χ1n) is 9.53. The van der Waals surface area contributed by atoms with E-state index in [0.29, 0.717) is 12.1 Å². The monoisotopic (exact) mass is 384 g/mol. The summed E-state index contributed by atoms with van der Waals surface area (Å²) in [5.41, 5.74) is 2.66. The zero-order valence-corrected chi connectivity index (χ0v) is 15.8. The van der Waals surface area contributed by atoms with Gasteiger partial charge in [0, 0.05) is 44.6 Å².